The molecule has 74 valence electrons. The summed E-state index contributed by atoms with van der Waals surface area (Å²) in [6, 6.07) is 5.83. The Morgan fingerprint density at radius 2 is 2.21 bits per heavy atom. The van der Waals surface area contributed by atoms with Crippen molar-refractivity contribution in [2.24, 2.45) is 0 Å². The highest BCUT2D eigenvalue weighted by atomic mass is 79.9. The number of methoxy groups -OCH3 is 1. The smallest absolute Gasteiger partial charge is 0.330 e. The van der Waals surface area contributed by atoms with Crippen molar-refractivity contribution in [3.8, 4) is 0 Å². The SMILES string of the molecule is COC(=O)C=Cc1cccc(Br)c1C. The summed E-state index contributed by atoms with van der Waals surface area (Å²) in [6.45, 7) is 1.99. The van der Waals surface area contributed by atoms with Crippen LogP contribution in [0.4, 0.5) is 0 Å². The number of ether oxygens (including phenoxy) is 1. The number of esters is 1. The van der Waals surface area contributed by atoms with Gasteiger partial charge in [0, 0.05) is 10.5 Å². The van der Waals surface area contributed by atoms with Gasteiger partial charge < -0.3 is 4.74 Å². The Hall–Kier alpha value is -1.09. The molecule has 1 aromatic carbocycles. The second-order valence-electron chi connectivity index (χ2n) is 2.81. The molecule has 0 aliphatic heterocycles. The van der Waals surface area contributed by atoms with Gasteiger partial charge in [-0.2, -0.15) is 0 Å². The molecule has 0 atom stereocenters. The fourth-order valence-electron chi connectivity index (χ4n) is 1.03. The largest absolute Gasteiger partial charge is 0.466 e. The van der Waals surface area contributed by atoms with E-state index in [1.807, 2.05) is 25.1 Å². The summed E-state index contributed by atoms with van der Waals surface area (Å²) in [6.07, 6.45) is 3.15. The molecule has 0 fully saturated rings. The zero-order valence-electron chi connectivity index (χ0n) is 8.08. The van der Waals surface area contributed by atoms with Gasteiger partial charge in [0.05, 0.1) is 7.11 Å². The molecule has 3 heteroatoms. The summed E-state index contributed by atoms with van der Waals surface area (Å²) in [5.41, 5.74) is 2.11. The Morgan fingerprint density at radius 3 is 2.86 bits per heavy atom. The van der Waals surface area contributed by atoms with Crippen LogP contribution in [0.25, 0.3) is 6.08 Å². The van der Waals surface area contributed by atoms with Gasteiger partial charge in [-0.15, -0.1) is 0 Å². The highest BCUT2D eigenvalue weighted by Crippen LogP contribution is 2.20. The predicted octanol–water partition coefficient (Wildman–Crippen LogP) is 2.94. The van der Waals surface area contributed by atoms with Crippen LogP contribution in [0.3, 0.4) is 0 Å². The Kier molecular flexibility index (Phi) is 3.89. The lowest BCUT2D eigenvalue weighted by molar-refractivity contribution is -0.134. The molecule has 0 heterocycles. The molecule has 1 rings (SSSR count). The summed E-state index contributed by atoms with van der Waals surface area (Å²) in [5.74, 6) is -0.343. The zero-order valence-corrected chi connectivity index (χ0v) is 9.67. The van der Waals surface area contributed by atoms with E-state index in [2.05, 4.69) is 20.7 Å². The summed E-state index contributed by atoms with van der Waals surface area (Å²) in [4.78, 5) is 10.9. The van der Waals surface area contributed by atoms with Crippen LogP contribution in [-0.2, 0) is 9.53 Å². The van der Waals surface area contributed by atoms with E-state index >= 15 is 0 Å². The lowest BCUT2D eigenvalue weighted by Crippen LogP contribution is -1.93. The van der Waals surface area contributed by atoms with E-state index in [0.717, 1.165) is 15.6 Å². The molecule has 0 amide bonds. The minimum absolute atomic E-state index is 0.343. The average molecular weight is 255 g/mol. The lowest BCUT2D eigenvalue weighted by atomic mass is 10.1. The van der Waals surface area contributed by atoms with E-state index in [9.17, 15) is 4.79 Å². The molecule has 0 aliphatic carbocycles. The van der Waals surface area contributed by atoms with Gasteiger partial charge in [-0.1, -0.05) is 28.1 Å². The first-order chi connectivity index (χ1) is 6.65. The first-order valence-corrected chi connectivity index (χ1v) is 4.95. The molecule has 0 aromatic heterocycles. The second kappa shape index (κ2) is 4.96. The molecule has 0 bridgehead atoms. The summed E-state index contributed by atoms with van der Waals surface area (Å²) < 4.78 is 5.54. The lowest BCUT2D eigenvalue weighted by Gasteiger charge is -2.01. The second-order valence-corrected chi connectivity index (χ2v) is 3.66. The Labute approximate surface area is 91.7 Å². The van der Waals surface area contributed by atoms with Gasteiger partial charge >= 0.3 is 5.97 Å². The maximum atomic E-state index is 10.9. The molecule has 0 N–H and O–H groups in total. The maximum Gasteiger partial charge on any atom is 0.330 e. The molecular formula is C11H11BrO2. The summed E-state index contributed by atoms with van der Waals surface area (Å²) in [7, 11) is 1.36. The number of rotatable bonds is 2. The van der Waals surface area contributed by atoms with Crippen LogP contribution in [0.15, 0.2) is 28.7 Å². The van der Waals surface area contributed by atoms with Gasteiger partial charge in [-0.3, -0.25) is 0 Å². The van der Waals surface area contributed by atoms with Crippen molar-refractivity contribution in [1.82, 2.24) is 0 Å². The Morgan fingerprint density at radius 1 is 1.50 bits per heavy atom. The highest BCUT2D eigenvalue weighted by Gasteiger charge is 1.98. The summed E-state index contributed by atoms with van der Waals surface area (Å²) in [5, 5.41) is 0. The van der Waals surface area contributed by atoms with Crippen molar-refractivity contribution in [2.75, 3.05) is 7.11 Å². The van der Waals surface area contributed by atoms with Gasteiger partial charge in [0.15, 0.2) is 0 Å². The van der Waals surface area contributed by atoms with E-state index in [0.29, 0.717) is 0 Å². The zero-order chi connectivity index (χ0) is 10.6. The third-order valence-corrected chi connectivity index (χ3v) is 2.77. The van der Waals surface area contributed by atoms with E-state index in [1.165, 1.54) is 13.2 Å². The predicted molar refractivity (Wildman–Crippen MR) is 59.9 cm³/mol. The fraction of sp³-hybridized carbons (Fsp3) is 0.182. The van der Waals surface area contributed by atoms with Crippen LogP contribution >= 0.6 is 15.9 Å². The van der Waals surface area contributed by atoms with Gasteiger partial charge in [-0.25, -0.2) is 4.79 Å². The molecule has 1 aromatic rings. The van der Waals surface area contributed by atoms with E-state index in [1.54, 1.807) is 6.08 Å². The van der Waals surface area contributed by atoms with Crippen LogP contribution in [0.1, 0.15) is 11.1 Å². The quantitative estimate of drug-likeness (QED) is 0.600. The Balaban J connectivity index is 2.92. The first kappa shape index (κ1) is 11.0. The van der Waals surface area contributed by atoms with Crippen molar-refractivity contribution >= 4 is 28.0 Å². The number of hydrogen-bond donors (Lipinski definition) is 0. The van der Waals surface area contributed by atoms with Gasteiger partial charge in [0.25, 0.3) is 0 Å². The molecule has 0 radical (unpaired) electrons. The summed E-state index contributed by atoms with van der Waals surface area (Å²) >= 11 is 3.42. The van der Waals surface area contributed by atoms with Crippen molar-refractivity contribution in [1.29, 1.82) is 0 Å². The van der Waals surface area contributed by atoms with Crippen LogP contribution in [0.2, 0.25) is 0 Å². The highest BCUT2D eigenvalue weighted by molar-refractivity contribution is 9.10. The van der Waals surface area contributed by atoms with Crippen LogP contribution in [0, 0.1) is 6.92 Å². The molecule has 0 unspecified atom stereocenters. The minimum atomic E-state index is -0.343. The number of halogens is 1. The molecule has 0 spiro atoms. The normalized spacial score (nSPS) is 10.5. The molecule has 0 aliphatic rings. The van der Waals surface area contributed by atoms with Crippen LogP contribution in [-0.4, -0.2) is 13.1 Å². The average Bonchev–Trinajstić information content (AvgIpc) is 2.20. The van der Waals surface area contributed by atoms with Gasteiger partial charge in [0.2, 0.25) is 0 Å². The van der Waals surface area contributed by atoms with Crippen LogP contribution in [0.5, 0.6) is 0 Å². The molecule has 0 saturated carbocycles. The van der Waals surface area contributed by atoms with E-state index < -0.39 is 0 Å². The van der Waals surface area contributed by atoms with Crippen molar-refractivity contribution < 1.29 is 9.53 Å². The number of hydrogen-bond acceptors (Lipinski definition) is 2. The maximum absolute atomic E-state index is 10.9. The van der Waals surface area contributed by atoms with E-state index in [4.69, 9.17) is 0 Å². The monoisotopic (exact) mass is 254 g/mol. The van der Waals surface area contributed by atoms with Gasteiger partial charge in [-0.05, 0) is 30.2 Å². The first-order valence-electron chi connectivity index (χ1n) is 4.16. The van der Waals surface area contributed by atoms with Crippen molar-refractivity contribution in [3.05, 3.63) is 39.9 Å². The van der Waals surface area contributed by atoms with Gasteiger partial charge in [0.1, 0.15) is 0 Å². The Bertz CT molecular complexity index is 370. The van der Waals surface area contributed by atoms with Crippen molar-refractivity contribution in [3.63, 3.8) is 0 Å². The number of benzene rings is 1. The molecular weight excluding hydrogens is 244 g/mol. The fourth-order valence-corrected chi connectivity index (χ4v) is 1.41. The van der Waals surface area contributed by atoms with Crippen molar-refractivity contribution in [2.45, 2.75) is 6.92 Å². The topological polar surface area (TPSA) is 26.3 Å². The molecule has 0 saturated heterocycles. The van der Waals surface area contributed by atoms with Crippen LogP contribution < -0.4 is 0 Å². The molecule has 14 heavy (non-hydrogen) atoms. The standard InChI is InChI=1S/C11H11BrO2/c1-8-9(4-3-5-10(8)12)6-7-11(13)14-2/h3-7H,1-2H3. The third kappa shape index (κ3) is 2.70. The minimum Gasteiger partial charge on any atom is -0.466 e. The molecule has 2 nitrogen and oxygen atoms in total. The van der Waals surface area contributed by atoms with E-state index in [-0.39, 0.29) is 5.97 Å². The third-order valence-electron chi connectivity index (χ3n) is 1.91. The number of carbonyl (C=O) groups excluding carboxylic acids is 1. The number of carbonyl (C=O) groups is 1.